The minimum absolute atomic E-state index is 0.123. The summed E-state index contributed by atoms with van der Waals surface area (Å²) in [5, 5.41) is 0. The summed E-state index contributed by atoms with van der Waals surface area (Å²) in [5.41, 5.74) is 23.5. The van der Waals surface area contributed by atoms with Gasteiger partial charge in [-0.15, -0.1) is 0 Å². The SMILES string of the molecule is c1ccc(N2c3ccccc3B3c4ccccc4N(c4ccc(-c5ccc6c(c5)C(c5ccccc5)(c5ccccc5)c5ccccc5-6)cc4)c4cc(C56CC7CC(CC(C7)C5)C6)cc2c43)cc1. The van der Waals surface area contributed by atoms with Gasteiger partial charge in [0.15, 0.2) is 0 Å². The fourth-order valence-electron chi connectivity index (χ4n) is 15.2. The van der Waals surface area contributed by atoms with E-state index < -0.39 is 5.41 Å². The molecule has 0 spiro atoms. The van der Waals surface area contributed by atoms with E-state index in [0.29, 0.717) is 0 Å². The molecule has 0 aromatic heterocycles. The molecule has 0 N–H and O–H groups in total. The van der Waals surface area contributed by atoms with Crippen molar-refractivity contribution in [1.29, 1.82) is 0 Å². The molecular formula is C65H51BN2. The van der Waals surface area contributed by atoms with Crippen molar-refractivity contribution in [2.75, 3.05) is 9.80 Å². The Hall–Kier alpha value is -7.36. The average Bonchev–Trinajstić information content (AvgIpc) is 3.69. The normalized spacial score (nSPS) is 21.7. The summed E-state index contributed by atoms with van der Waals surface area (Å²) in [7, 11) is 0. The molecule has 2 aliphatic heterocycles. The highest BCUT2D eigenvalue weighted by Gasteiger charge is 2.53. The van der Waals surface area contributed by atoms with Crippen LogP contribution in [0.1, 0.15) is 66.3 Å². The zero-order valence-corrected chi connectivity index (χ0v) is 38.2. The van der Waals surface area contributed by atoms with Gasteiger partial charge in [-0.1, -0.05) is 164 Å². The predicted octanol–water partition coefficient (Wildman–Crippen LogP) is 14.3. The van der Waals surface area contributed by atoms with E-state index in [1.165, 1.54) is 134 Å². The predicted molar refractivity (Wildman–Crippen MR) is 283 cm³/mol. The molecular weight excluding hydrogens is 820 g/mol. The van der Waals surface area contributed by atoms with Crippen LogP contribution in [0.2, 0.25) is 0 Å². The van der Waals surface area contributed by atoms with E-state index in [0.717, 1.165) is 17.8 Å². The third-order valence-electron chi connectivity index (χ3n) is 17.5. The van der Waals surface area contributed by atoms with Crippen molar-refractivity contribution in [3.8, 4) is 22.3 Å². The lowest BCUT2D eigenvalue weighted by molar-refractivity contribution is -0.00514. The van der Waals surface area contributed by atoms with Gasteiger partial charge in [0.25, 0.3) is 6.71 Å². The van der Waals surface area contributed by atoms with E-state index in [-0.39, 0.29) is 12.1 Å². The van der Waals surface area contributed by atoms with E-state index >= 15 is 0 Å². The summed E-state index contributed by atoms with van der Waals surface area (Å²) in [4.78, 5) is 5.23. The second kappa shape index (κ2) is 14.6. The van der Waals surface area contributed by atoms with Crippen molar-refractivity contribution < 1.29 is 0 Å². The number of anilines is 6. The zero-order valence-electron chi connectivity index (χ0n) is 38.2. The van der Waals surface area contributed by atoms with Crippen LogP contribution in [0.25, 0.3) is 22.3 Å². The second-order valence-electron chi connectivity index (χ2n) is 21.0. The zero-order chi connectivity index (χ0) is 44.6. The molecule has 5 aliphatic carbocycles. The third-order valence-corrected chi connectivity index (χ3v) is 17.5. The van der Waals surface area contributed by atoms with E-state index in [1.807, 2.05) is 0 Å². The third kappa shape index (κ3) is 5.42. The fraction of sp³-hybridized carbons (Fsp3) is 0.169. The molecule has 0 radical (unpaired) electrons. The Labute approximate surface area is 400 Å². The molecule has 0 unspecified atom stereocenters. The maximum Gasteiger partial charge on any atom is 0.252 e. The van der Waals surface area contributed by atoms with Gasteiger partial charge >= 0.3 is 0 Å². The molecule has 16 rings (SSSR count). The fourth-order valence-corrected chi connectivity index (χ4v) is 15.2. The van der Waals surface area contributed by atoms with Gasteiger partial charge in [-0.05, 0) is 183 Å². The van der Waals surface area contributed by atoms with Crippen molar-refractivity contribution in [3.63, 3.8) is 0 Å². The minimum atomic E-state index is -0.439. The Bertz CT molecular complexity index is 3380. The summed E-state index contributed by atoms with van der Waals surface area (Å²) in [6.45, 7) is 0.123. The number of para-hydroxylation sites is 3. The van der Waals surface area contributed by atoms with Crippen molar-refractivity contribution in [3.05, 3.63) is 246 Å². The van der Waals surface area contributed by atoms with Crippen molar-refractivity contribution in [2.24, 2.45) is 17.8 Å². The molecule has 0 saturated heterocycles. The molecule has 7 aliphatic rings. The number of benzene rings is 9. The van der Waals surface area contributed by atoms with Gasteiger partial charge in [0.05, 0.1) is 5.41 Å². The smallest absolute Gasteiger partial charge is 0.252 e. The largest absolute Gasteiger partial charge is 0.311 e. The van der Waals surface area contributed by atoms with Crippen LogP contribution in [-0.2, 0) is 10.8 Å². The van der Waals surface area contributed by atoms with Gasteiger partial charge in [-0.2, -0.15) is 0 Å². The number of nitrogens with zero attached hydrogens (tertiary/aromatic N) is 2. The Morgan fingerprint density at radius 1 is 0.368 bits per heavy atom. The quantitative estimate of drug-likeness (QED) is 0.154. The van der Waals surface area contributed by atoms with Crippen molar-refractivity contribution in [2.45, 2.75) is 49.4 Å². The molecule has 9 aromatic rings. The van der Waals surface area contributed by atoms with Crippen LogP contribution in [0.5, 0.6) is 0 Å². The van der Waals surface area contributed by atoms with E-state index in [2.05, 4.69) is 228 Å². The highest BCUT2D eigenvalue weighted by molar-refractivity contribution is 7.00. The van der Waals surface area contributed by atoms with E-state index in [9.17, 15) is 0 Å². The Morgan fingerprint density at radius 3 is 1.43 bits per heavy atom. The van der Waals surface area contributed by atoms with Gasteiger partial charge in [0, 0.05) is 34.1 Å². The first kappa shape index (κ1) is 38.7. The van der Waals surface area contributed by atoms with Crippen LogP contribution in [0.3, 0.4) is 0 Å². The van der Waals surface area contributed by atoms with Crippen molar-refractivity contribution >= 4 is 57.2 Å². The molecule has 324 valence electrons. The van der Waals surface area contributed by atoms with Gasteiger partial charge in [0.1, 0.15) is 0 Å². The first-order chi connectivity index (χ1) is 33.6. The highest BCUT2D eigenvalue weighted by Crippen LogP contribution is 2.62. The molecule has 0 amide bonds. The molecule has 4 saturated carbocycles. The highest BCUT2D eigenvalue weighted by atomic mass is 15.2. The topological polar surface area (TPSA) is 6.48 Å². The van der Waals surface area contributed by atoms with Gasteiger partial charge < -0.3 is 9.80 Å². The number of rotatable bonds is 6. The molecule has 9 aromatic carbocycles. The van der Waals surface area contributed by atoms with Crippen LogP contribution in [-0.4, -0.2) is 6.71 Å². The Balaban J connectivity index is 0.916. The van der Waals surface area contributed by atoms with E-state index in [1.54, 1.807) is 5.56 Å². The standard InChI is InChI=1S/C65H51BN2/c1-4-16-48(17-5-1)65(49-18-6-2-7-19-49)55-23-11-10-22-53(55)54-33-30-47(37-56(54)65)46-28-31-52(32-29-46)68-60-27-15-13-25-58(60)66-57-24-12-14-26-59(57)67(51-20-8-3-9-21-51)61-38-50(39-62(68)63(61)66)64-40-43-34-44(41-64)36-45(35-43)42-64/h1-33,37-39,43-45H,34-36,40-42H2. The van der Waals surface area contributed by atoms with Crippen LogP contribution in [0, 0.1) is 17.8 Å². The van der Waals surface area contributed by atoms with Crippen LogP contribution in [0.15, 0.2) is 218 Å². The second-order valence-corrected chi connectivity index (χ2v) is 21.0. The summed E-state index contributed by atoms with van der Waals surface area (Å²) in [5.74, 6) is 2.57. The number of hydrogen-bond acceptors (Lipinski definition) is 2. The molecule has 3 heteroatoms. The lowest BCUT2D eigenvalue weighted by Gasteiger charge is -2.57. The summed E-state index contributed by atoms with van der Waals surface area (Å²) in [6, 6.07) is 83.1. The molecule has 4 fully saturated rings. The van der Waals surface area contributed by atoms with E-state index in [4.69, 9.17) is 0 Å². The molecule has 0 atom stereocenters. The molecule has 2 heterocycles. The summed E-state index contributed by atoms with van der Waals surface area (Å²) < 4.78 is 0. The maximum absolute atomic E-state index is 2.69. The maximum atomic E-state index is 2.69. The number of fused-ring (bicyclic) bond motifs is 7. The Kier molecular flexibility index (Phi) is 8.30. The summed E-state index contributed by atoms with van der Waals surface area (Å²) in [6.07, 6.45) is 8.29. The molecule has 2 nitrogen and oxygen atoms in total. The lowest BCUT2D eigenvalue weighted by Crippen LogP contribution is -2.61. The van der Waals surface area contributed by atoms with Gasteiger partial charge in [0.2, 0.25) is 0 Å². The van der Waals surface area contributed by atoms with Gasteiger partial charge in [-0.25, -0.2) is 0 Å². The van der Waals surface area contributed by atoms with Crippen molar-refractivity contribution in [1.82, 2.24) is 0 Å². The number of hydrogen-bond donors (Lipinski definition) is 0. The van der Waals surface area contributed by atoms with Gasteiger partial charge in [-0.3, -0.25) is 0 Å². The first-order valence-electron chi connectivity index (χ1n) is 25.1. The van der Waals surface area contributed by atoms with Crippen LogP contribution >= 0.6 is 0 Å². The Morgan fingerprint density at radius 2 is 0.838 bits per heavy atom. The van der Waals surface area contributed by atoms with Crippen LogP contribution < -0.4 is 26.2 Å². The lowest BCUT2D eigenvalue weighted by atomic mass is 9.33. The molecule has 68 heavy (non-hydrogen) atoms. The van der Waals surface area contributed by atoms with Crippen LogP contribution in [0.4, 0.5) is 34.1 Å². The monoisotopic (exact) mass is 870 g/mol. The summed E-state index contributed by atoms with van der Waals surface area (Å²) >= 11 is 0. The minimum Gasteiger partial charge on any atom is -0.311 e. The molecule has 4 bridgehead atoms. The average molecular weight is 871 g/mol. The first-order valence-corrected chi connectivity index (χ1v) is 25.1.